The highest BCUT2D eigenvalue weighted by Gasteiger charge is 2.28. The molecule has 2 amide bonds. The summed E-state index contributed by atoms with van der Waals surface area (Å²) in [4.78, 5) is 44.4. The molecular weight excluding hydrogens is 468 g/mol. The average Bonchev–Trinajstić information content (AvgIpc) is 3.74. The molecule has 10 nitrogen and oxygen atoms in total. The Morgan fingerprint density at radius 2 is 1.39 bits per heavy atom. The first-order valence-corrected chi connectivity index (χ1v) is 12.4. The van der Waals surface area contributed by atoms with E-state index in [9.17, 15) is 19.2 Å². The van der Waals surface area contributed by atoms with E-state index in [0.29, 0.717) is 39.3 Å². The van der Waals surface area contributed by atoms with Crippen molar-refractivity contribution in [2.24, 2.45) is 11.8 Å². The van der Waals surface area contributed by atoms with Crippen molar-refractivity contribution in [3.63, 3.8) is 0 Å². The van der Waals surface area contributed by atoms with E-state index in [0.717, 1.165) is 6.08 Å². The van der Waals surface area contributed by atoms with Crippen molar-refractivity contribution >= 4 is 23.8 Å². The van der Waals surface area contributed by atoms with Crippen LogP contribution in [0.15, 0.2) is 25.3 Å². The molecule has 2 saturated heterocycles. The van der Waals surface area contributed by atoms with E-state index in [1.54, 1.807) is 0 Å². The van der Waals surface area contributed by atoms with Gasteiger partial charge in [-0.2, -0.15) is 0 Å². The van der Waals surface area contributed by atoms with Gasteiger partial charge >= 0.3 is 11.9 Å². The van der Waals surface area contributed by atoms with Gasteiger partial charge in [0.15, 0.2) is 0 Å². The molecule has 10 heteroatoms. The van der Waals surface area contributed by atoms with Crippen LogP contribution in [0.3, 0.4) is 0 Å². The lowest BCUT2D eigenvalue weighted by molar-refractivity contribution is -0.150. The number of hydrogen-bond acceptors (Lipinski definition) is 8. The molecule has 0 aromatic rings. The zero-order valence-electron chi connectivity index (χ0n) is 22.5. The van der Waals surface area contributed by atoms with Crippen molar-refractivity contribution < 1.29 is 38.1 Å². The van der Waals surface area contributed by atoms with Gasteiger partial charge in [0, 0.05) is 24.1 Å². The molecule has 0 aromatic carbocycles. The smallest absolute Gasteiger partial charge is 0.330 e. The number of amides is 2. The molecular formula is C26H44N2O8. The summed E-state index contributed by atoms with van der Waals surface area (Å²) >= 11 is 0. The summed E-state index contributed by atoms with van der Waals surface area (Å²) in [7, 11) is 0. The second-order valence-corrected chi connectivity index (χ2v) is 9.15. The van der Waals surface area contributed by atoms with Crippen LogP contribution in [-0.4, -0.2) is 74.5 Å². The van der Waals surface area contributed by atoms with Crippen molar-refractivity contribution in [2.75, 3.05) is 26.4 Å². The van der Waals surface area contributed by atoms with E-state index in [2.05, 4.69) is 28.5 Å². The van der Waals surface area contributed by atoms with Gasteiger partial charge in [-0.1, -0.05) is 27.0 Å². The standard InChI is InChI=1S/C14H25NO4.C6H11NO.C6H8O3/c1-5-11(14(17)19-8-12-7-18-12)6-10(4)13(16)15-9(2)3;1-4-6(8)7-5(2)3;1-2-6(7)9-4-5-3-8-5/h9-12H,5-8H2,1-4H3,(H,15,16);4-5H,1H2,2-3H3,(H,7,8);2,5H,1,3-4H2. The molecule has 0 saturated carbocycles. The number of carbonyl (C=O) groups is 4. The molecule has 2 rings (SSSR count). The van der Waals surface area contributed by atoms with Crippen LogP contribution in [0.2, 0.25) is 0 Å². The van der Waals surface area contributed by atoms with Gasteiger partial charge < -0.3 is 29.6 Å². The Hall–Kier alpha value is -2.72. The maximum atomic E-state index is 11.9. The molecule has 0 aliphatic carbocycles. The molecule has 0 bridgehead atoms. The minimum atomic E-state index is -0.384. The summed E-state index contributed by atoms with van der Waals surface area (Å²) in [6.07, 6.45) is 3.85. The third-order valence-electron chi connectivity index (χ3n) is 4.75. The monoisotopic (exact) mass is 512 g/mol. The highest BCUT2D eigenvalue weighted by molar-refractivity contribution is 5.87. The molecule has 2 heterocycles. The van der Waals surface area contributed by atoms with Crippen LogP contribution in [0, 0.1) is 11.8 Å². The van der Waals surface area contributed by atoms with E-state index < -0.39 is 0 Å². The SMILES string of the molecule is C=CC(=O)NC(C)C.C=CC(=O)OCC1CO1.CCC(CC(C)C(=O)NC(C)C)C(=O)OCC1CO1. The second kappa shape index (κ2) is 18.5. The number of esters is 2. The number of rotatable bonds is 13. The number of carbonyl (C=O) groups excluding carboxylic acids is 4. The van der Waals surface area contributed by atoms with Crippen LogP contribution < -0.4 is 10.6 Å². The van der Waals surface area contributed by atoms with Gasteiger partial charge in [0.05, 0.1) is 19.1 Å². The molecule has 2 N–H and O–H groups in total. The van der Waals surface area contributed by atoms with E-state index in [4.69, 9.17) is 14.2 Å². The Bertz CT molecular complexity index is 715. The van der Waals surface area contributed by atoms with Crippen LogP contribution in [-0.2, 0) is 38.1 Å². The van der Waals surface area contributed by atoms with Crippen molar-refractivity contribution in [1.82, 2.24) is 10.6 Å². The predicted molar refractivity (Wildman–Crippen MR) is 136 cm³/mol. The topological polar surface area (TPSA) is 136 Å². The number of hydrogen-bond donors (Lipinski definition) is 2. The fraction of sp³-hybridized carbons (Fsp3) is 0.692. The zero-order valence-corrected chi connectivity index (χ0v) is 22.5. The van der Waals surface area contributed by atoms with E-state index in [1.165, 1.54) is 6.08 Å². The summed E-state index contributed by atoms with van der Waals surface area (Å²) in [5.41, 5.74) is 0. The van der Waals surface area contributed by atoms with Crippen molar-refractivity contribution in [2.45, 2.75) is 78.7 Å². The lowest BCUT2D eigenvalue weighted by Crippen LogP contribution is -2.36. The third kappa shape index (κ3) is 18.6. The fourth-order valence-electron chi connectivity index (χ4n) is 2.59. The molecule has 4 atom stereocenters. The molecule has 2 fully saturated rings. The lowest BCUT2D eigenvalue weighted by atomic mass is 9.93. The maximum absolute atomic E-state index is 11.9. The number of epoxide rings is 2. The molecule has 36 heavy (non-hydrogen) atoms. The predicted octanol–water partition coefficient (Wildman–Crippen LogP) is 2.32. The first-order chi connectivity index (χ1) is 16.9. The maximum Gasteiger partial charge on any atom is 0.330 e. The van der Waals surface area contributed by atoms with Gasteiger partial charge in [-0.3, -0.25) is 14.4 Å². The largest absolute Gasteiger partial charge is 0.463 e. The Balaban J connectivity index is 0.000000595. The molecule has 4 unspecified atom stereocenters. The summed E-state index contributed by atoms with van der Waals surface area (Å²) in [6, 6.07) is 0.328. The van der Waals surface area contributed by atoms with Gasteiger partial charge in [0.25, 0.3) is 0 Å². The van der Waals surface area contributed by atoms with Crippen molar-refractivity contribution in [3.8, 4) is 0 Å². The van der Waals surface area contributed by atoms with E-state index in [-0.39, 0.29) is 59.9 Å². The first-order valence-electron chi connectivity index (χ1n) is 12.4. The second-order valence-electron chi connectivity index (χ2n) is 9.15. The first kappa shape index (κ1) is 33.3. The van der Waals surface area contributed by atoms with Crippen LogP contribution >= 0.6 is 0 Å². The minimum Gasteiger partial charge on any atom is -0.463 e. The normalized spacial score (nSPS) is 18.7. The summed E-state index contributed by atoms with van der Waals surface area (Å²) in [6.45, 7) is 20.1. The van der Waals surface area contributed by atoms with Crippen LogP contribution in [0.25, 0.3) is 0 Å². The Morgan fingerprint density at radius 3 is 1.75 bits per heavy atom. The Labute approximate surface area is 215 Å². The van der Waals surface area contributed by atoms with Crippen LogP contribution in [0.4, 0.5) is 0 Å². The van der Waals surface area contributed by atoms with Gasteiger partial charge in [0.2, 0.25) is 11.8 Å². The summed E-state index contributed by atoms with van der Waals surface area (Å²) < 4.78 is 19.6. The fourth-order valence-corrected chi connectivity index (χ4v) is 2.59. The highest BCUT2D eigenvalue weighted by atomic mass is 16.6. The molecule has 206 valence electrons. The van der Waals surface area contributed by atoms with Crippen LogP contribution in [0.1, 0.15) is 54.4 Å². The van der Waals surface area contributed by atoms with E-state index >= 15 is 0 Å². The van der Waals surface area contributed by atoms with Gasteiger partial charge in [-0.25, -0.2) is 4.79 Å². The van der Waals surface area contributed by atoms with Gasteiger partial charge in [-0.15, -0.1) is 0 Å². The lowest BCUT2D eigenvalue weighted by Gasteiger charge is -2.19. The number of nitrogens with one attached hydrogen (secondary N) is 2. The van der Waals surface area contributed by atoms with Crippen molar-refractivity contribution in [1.29, 1.82) is 0 Å². The Kier molecular flexibility index (Phi) is 17.1. The zero-order chi connectivity index (χ0) is 27.7. The van der Waals surface area contributed by atoms with Crippen LogP contribution in [0.5, 0.6) is 0 Å². The minimum absolute atomic E-state index is 0.00761. The molecule has 2 aliphatic heterocycles. The highest BCUT2D eigenvalue weighted by Crippen LogP contribution is 2.19. The summed E-state index contributed by atoms with van der Waals surface area (Å²) in [5, 5.41) is 5.50. The average molecular weight is 513 g/mol. The molecule has 2 aliphatic rings. The van der Waals surface area contributed by atoms with E-state index in [1.807, 2.05) is 41.5 Å². The van der Waals surface area contributed by atoms with Gasteiger partial charge in [-0.05, 0) is 46.6 Å². The quantitative estimate of drug-likeness (QED) is 0.218. The summed E-state index contributed by atoms with van der Waals surface area (Å²) in [5.74, 6) is -1.12. The molecule has 0 aromatic heterocycles. The Morgan fingerprint density at radius 1 is 0.889 bits per heavy atom. The van der Waals surface area contributed by atoms with Crippen molar-refractivity contribution in [3.05, 3.63) is 25.3 Å². The number of ether oxygens (including phenoxy) is 4. The molecule has 0 spiro atoms. The van der Waals surface area contributed by atoms with Gasteiger partial charge in [0.1, 0.15) is 25.4 Å². The molecule has 0 radical (unpaired) electrons. The third-order valence-corrected chi connectivity index (χ3v) is 4.75.